The van der Waals surface area contributed by atoms with Crippen molar-refractivity contribution in [1.82, 2.24) is 4.98 Å². The first-order chi connectivity index (χ1) is 9.65. The van der Waals surface area contributed by atoms with Gasteiger partial charge in [-0.05, 0) is 23.8 Å². The summed E-state index contributed by atoms with van der Waals surface area (Å²) in [6.45, 7) is 0.553. The van der Waals surface area contributed by atoms with Crippen LogP contribution in [0, 0.1) is 0 Å². The van der Waals surface area contributed by atoms with E-state index in [0.29, 0.717) is 22.3 Å². The summed E-state index contributed by atoms with van der Waals surface area (Å²) >= 11 is 10.5. The van der Waals surface area contributed by atoms with E-state index in [0.717, 1.165) is 11.3 Å². The number of benzene rings is 1. The topological polar surface area (TPSA) is 25.4 Å². The van der Waals surface area contributed by atoms with E-state index in [2.05, 4.69) is 17.6 Å². The van der Waals surface area contributed by atoms with Crippen molar-refractivity contribution in [2.75, 3.05) is 19.0 Å². The second kappa shape index (κ2) is 8.15. The van der Waals surface area contributed by atoms with Crippen LogP contribution in [0.15, 0.2) is 41.4 Å². The van der Waals surface area contributed by atoms with Gasteiger partial charge in [0.2, 0.25) is 0 Å². The van der Waals surface area contributed by atoms with Gasteiger partial charge in [0.25, 0.3) is 0 Å². The van der Waals surface area contributed by atoms with Crippen molar-refractivity contribution in [3.8, 4) is 5.75 Å². The van der Waals surface area contributed by atoms with Crippen LogP contribution >= 0.6 is 24.2 Å². The Kier molecular flexibility index (Phi) is 6.52. The normalized spacial score (nSPS) is 10.4. The maximum atomic E-state index is 7.67. The van der Waals surface area contributed by atoms with Crippen molar-refractivity contribution in [2.45, 2.75) is 11.4 Å². The number of halogens is 1. The molecule has 0 amide bonds. The Bertz CT molecular complexity index is 586. The molecule has 1 aromatic heterocycles. The molecule has 20 heavy (non-hydrogen) atoms. The average Bonchev–Trinajstić information content (AvgIpc) is 2.48. The van der Waals surface area contributed by atoms with Crippen LogP contribution in [-0.2, 0) is 6.54 Å². The van der Waals surface area contributed by atoms with Crippen LogP contribution in [0.2, 0.25) is 5.02 Å². The standard InChI is InChI=1S/C14H15ClN2OS.Na/c1-17(14-13(15)12(19)7-8-16-14)9-10-3-5-11(18-2)6-4-10;/h3-8H,9H2,1-2H3,(H,16,19);/i1D;. The Morgan fingerprint density at radius 1 is 1.35 bits per heavy atom. The molecule has 1 heterocycles. The van der Waals surface area contributed by atoms with Crippen LogP contribution in [0.1, 0.15) is 6.93 Å². The minimum atomic E-state index is 0. The number of hydrogen-bond acceptors (Lipinski definition) is 4. The molecular weight excluding hydrogens is 303 g/mol. The van der Waals surface area contributed by atoms with E-state index in [9.17, 15) is 0 Å². The number of pyridine rings is 1. The Labute approximate surface area is 153 Å². The second-order valence-electron chi connectivity index (χ2n) is 4.01. The summed E-state index contributed by atoms with van der Waals surface area (Å²) in [4.78, 5) is 6.68. The van der Waals surface area contributed by atoms with Crippen molar-refractivity contribution < 1.29 is 6.11 Å². The van der Waals surface area contributed by atoms with Crippen molar-refractivity contribution in [3.05, 3.63) is 47.1 Å². The fourth-order valence-corrected chi connectivity index (χ4v) is 2.07. The fourth-order valence-electron chi connectivity index (χ4n) is 1.67. The molecule has 0 unspecified atom stereocenters. The summed E-state index contributed by atoms with van der Waals surface area (Å²) in [6, 6.07) is 9.42. The first-order valence-electron chi connectivity index (χ1n) is 6.37. The molecule has 101 valence electrons. The number of aromatic nitrogens is 1. The van der Waals surface area contributed by atoms with Gasteiger partial charge in [0.05, 0.1) is 12.1 Å². The maximum absolute atomic E-state index is 7.67. The number of hydrogen-bond donors (Lipinski definition) is 1. The fraction of sp³-hybridized carbons (Fsp3) is 0.214. The van der Waals surface area contributed by atoms with Crippen LogP contribution in [0.25, 0.3) is 0 Å². The van der Waals surface area contributed by atoms with Crippen LogP contribution < -0.4 is 9.64 Å². The van der Waals surface area contributed by atoms with Gasteiger partial charge in [-0.2, -0.15) is 0 Å². The van der Waals surface area contributed by atoms with Gasteiger partial charge in [-0.1, -0.05) is 23.7 Å². The molecule has 3 nitrogen and oxygen atoms in total. The van der Waals surface area contributed by atoms with Gasteiger partial charge >= 0.3 is 0 Å². The second-order valence-corrected chi connectivity index (χ2v) is 4.87. The predicted molar refractivity (Wildman–Crippen MR) is 87.4 cm³/mol. The molecule has 1 radical (unpaired) electrons. The summed E-state index contributed by atoms with van der Waals surface area (Å²) in [6.07, 6.45) is 1.64. The number of rotatable bonds is 4. The van der Waals surface area contributed by atoms with Gasteiger partial charge in [-0.25, -0.2) is 4.98 Å². The molecule has 0 N–H and O–H groups in total. The van der Waals surface area contributed by atoms with Crippen molar-refractivity contribution in [3.63, 3.8) is 0 Å². The van der Waals surface area contributed by atoms with Crippen LogP contribution in [0.3, 0.4) is 0 Å². The van der Waals surface area contributed by atoms with E-state index < -0.39 is 0 Å². The third kappa shape index (κ3) is 4.30. The molecular formula is C14H15ClN2NaOS. The van der Waals surface area contributed by atoms with Gasteiger partial charge in [0, 0.05) is 55.6 Å². The van der Waals surface area contributed by atoms with E-state index in [1.165, 1.54) is 0 Å². The van der Waals surface area contributed by atoms with Crippen LogP contribution in [0.5, 0.6) is 5.75 Å². The van der Waals surface area contributed by atoms with E-state index in [-0.39, 0.29) is 36.6 Å². The van der Waals surface area contributed by atoms with Crippen LogP contribution in [-0.4, -0.2) is 48.7 Å². The molecule has 0 saturated carbocycles. The first-order valence-corrected chi connectivity index (χ1v) is 6.48. The average molecular weight is 319 g/mol. The summed E-state index contributed by atoms with van der Waals surface area (Å²) in [5.74, 6) is 1.38. The molecule has 0 bridgehead atoms. The summed E-state index contributed by atoms with van der Waals surface area (Å²) < 4.78 is 12.8. The minimum absolute atomic E-state index is 0. The molecule has 2 aromatic rings. The Balaban J connectivity index is 0.00000220. The molecule has 6 heteroatoms. The van der Waals surface area contributed by atoms with E-state index >= 15 is 0 Å². The first kappa shape index (κ1) is 16.0. The molecule has 0 saturated heterocycles. The minimum Gasteiger partial charge on any atom is -0.497 e. The maximum Gasteiger partial charge on any atom is 0.148 e. The van der Waals surface area contributed by atoms with Gasteiger partial charge in [0.1, 0.15) is 11.6 Å². The Morgan fingerprint density at radius 2 is 2.05 bits per heavy atom. The van der Waals surface area contributed by atoms with Crippen molar-refractivity contribution >= 4 is 59.6 Å². The zero-order valence-electron chi connectivity index (χ0n) is 12.5. The third-order valence-electron chi connectivity index (χ3n) is 2.68. The molecule has 0 aliphatic carbocycles. The van der Waals surface area contributed by atoms with Crippen LogP contribution in [0.4, 0.5) is 5.82 Å². The molecule has 0 fully saturated rings. The number of anilines is 1. The van der Waals surface area contributed by atoms with Gasteiger partial charge in [-0.15, -0.1) is 12.6 Å². The third-order valence-corrected chi connectivity index (χ3v) is 3.56. The number of thiol groups is 1. The summed E-state index contributed by atoms with van der Waals surface area (Å²) in [5.41, 5.74) is 1.06. The van der Waals surface area contributed by atoms with Crippen molar-refractivity contribution in [2.24, 2.45) is 0 Å². The Morgan fingerprint density at radius 3 is 2.65 bits per heavy atom. The molecule has 0 aliphatic rings. The SMILES string of the molecule is [2H]CN(Cc1ccc(OC)cc1)c1nccc(S)c1Cl.[Na]. The molecule has 0 spiro atoms. The monoisotopic (exact) mass is 318 g/mol. The molecule has 1 aromatic carbocycles. The van der Waals surface area contributed by atoms with Gasteiger partial charge in [0.15, 0.2) is 0 Å². The summed E-state index contributed by atoms with van der Waals surface area (Å²) in [5, 5.41) is 0.469. The van der Waals surface area contributed by atoms with E-state index in [1.807, 2.05) is 24.3 Å². The Hall–Kier alpha value is -0.390. The largest absolute Gasteiger partial charge is 0.497 e. The smallest absolute Gasteiger partial charge is 0.148 e. The van der Waals surface area contributed by atoms with E-state index in [1.54, 1.807) is 24.3 Å². The number of ether oxygens (including phenoxy) is 1. The van der Waals surface area contributed by atoms with E-state index in [4.69, 9.17) is 17.7 Å². The predicted octanol–water partition coefficient (Wildman–Crippen LogP) is 3.29. The zero-order valence-corrected chi connectivity index (χ0v) is 15.2. The number of methoxy groups -OCH3 is 1. The molecule has 0 aliphatic heterocycles. The van der Waals surface area contributed by atoms with Gasteiger partial charge < -0.3 is 9.64 Å². The molecule has 0 atom stereocenters. The number of nitrogens with zero attached hydrogens (tertiary/aromatic N) is 2. The van der Waals surface area contributed by atoms with Gasteiger partial charge in [-0.3, -0.25) is 0 Å². The van der Waals surface area contributed by atoms with Crippen molar-refractivity contribution in [1.29, 1.82) is 0 Å². The molecule has 2 rings (SSSR count). The zero-order chi connectivity index (χ0) is 14.5. The summed E-state index contributed by atoms with van der Waals surface area (Å²) in [7, 11) is 1.70. The quantitative estimate of drug-likeness (QED) is 0.692.